The number of halogens is 4. The Bertz CT molecular complexity index is 359. The highest BCUT2D eigenvalue weighted by Gasteiger charge is 2.50. The molecule has 0 fully saturated rings. The van der Waals surface area contributed by atoms with Crippen molar-refractivity contribution < 1.29 is 17.6 Å². The molecule has 4 aliphatic carbocycles. The lowest BCUT2D eigenvalue weighted by atomic mass is 9.68. The van der Waals surface area contributed by atoms with Gasteiger partial charge in [0.2, 0.25) is 0 Å². The van der Waals surface area contributed by atoms with Gasteiger partial charge in [-0.15, -0.1) is 0 Å². The van der Waals surface area contributed by atoms with E-state index in [9.17, 15) is 17.6 Å². The lowest BCUT2D eigenvalue weighted by Crippen LogP contribution is -2.47. The molecule has 0 nitrogen and oxygen atoms in total. The fourth-order valence-electron chi connectivity index (χ4n) is 2.76. The van der Waals surface area contributed by atoms with Gasteiger partial charge in [0.15, 0.2) is 24.7 Å². The van der Waals surface area contributed by atoms with Crippen molar-refractivity contribution in [1.82, 2.24) is 0 Å². The summed E-state index contributed by atoms with van der Waals surface area (Å²) in [6.07, 6.45) is -1.92. The minimum atomic E-state index is -2.38. The monoisotopic (exact) mass is 230 g/mol. The highest BCUT2D eigenvalue weighted by Crippen LogP contribution is 2.47. The molecule has 4 atom stereocenters. The Balaban J connectivity index is 2.10. The van der Waals surface area contributed by atoms with Gasteiger partial charge in [-0.2, -0.15) is 0 Å². The zero-order valence-corrected chi connectivity index (χ0v) is 8.29. The van der Waals surface area contributed by atoms with Gasteiger partial charge in [-0.25, -0.2) is 17.6 Å². The van der Waals surface area contributed by atoms with Crippen LogP contribution >= 0.6 is 0 Å². The molecule has 86 valence electrons. The average molecular weight is 230 g/mol. The second kappa shape index (κ2) is 3.22. The number of alkyl halides is 4. The van der Waals surface area contributed by atoms with Crippen LogP contribution in [-0.4, -0.2) is 24.7 Å². The molecule has 0 aromatic heterocycles. The molecule has 4 rings (SSSR count). The molecule has 2 bridgehead atoms. The molecular formula is C12H10F4. The van der Waals surface area contributed by atoms with Crippen molar-refractivity contribution in [2.75, 3.05) is 0 Å². The third-order valence-corrected chi connectivity index (χ3v) is 3.56. The summed E-state index contributed by atoms with van der Waals surface area (Å²) in [4.78, 5) is 0. The van der Waals surface area contributed by atoms with Gasteiger partial charge in [0.05, 0.1) is 0 Å². The standard InChI is InChI=1S/C12H10F4/c13-9-7-5-1-2-6(4-3-5)8(7)10(14)12(16)11(9)15/h1-6,9-12H/t5?,6?,9-,10?,11?,12?/m1/s1. The molecule has 0 heterocycles. The van der Waals surface area contributed by atoms with Crippen molar-refractivity contribution in [3.63, 3.8) is 0 Å². The van der Waals surface area contributed by atoms with Crippen LogP contribution in [0.25, 0.3) is 0 Å². The van der Waals surface area contributed by atoms with E-state index < -0.39 is 36.5 Å². The van der Waals surface area contributed by atoms with Crippen LogP contribution in [0.1, 0.15) is 0 Å². The van der Waals surface area contributed by atoms with E-state index in [1.165, 1.54) is 0 Å². The van der Waals surface area contributed by atoms with Gasteiger partial charge in [0.1, 0.15) is 0 Å². The summed E-state index contributed by atoms with van der Waals surface area (Å²) < 4.78 is 53.9. The van der Waals surface area contributed by atoms with Crippen molar-refractivity contribution in [3.8, 4) is 0 Å². The molecule has 0 N–H and O–H groups in total. The van der Waals surface area contributed by atoms with Crippen LogP contribution in [0.15, 0.2) is 35.5 Å². The maximum atomic E-state index is 13.7. The first-order chi connectivity index (χ1) is 7.61. The van der Waals surface area contributed by atoms with Crippen molar-refractivity contribution in [2.24, 2.45) is 11.8 Å². The van der Waals surface area contributed by atoms with Crippen LogP contribution in [0.2, 0.25) is 0 Å². The zero-order chi connectivity index (χ0) is 11.4. The number of hydrogen-bond donors (Lipinski definition) is 0. The lowest BCUT2D eigenvalue weighted by molar-refractivity contribution is 0.0351. The SMILES string of the molecule is FC1C2=C(C3C=CC2C=C3)[C@@H](F)C(F)C1F. The van der Waals surface area contributed by atoms with E-state index in [2.05, 4.69) is 0 Å². The van der Waals surface area contributed by atoms with Gasteiger partial charge in [-0.3, -0.25) is 0 Å². The van der Waals surface area contributed by atoms with E-state index in [-0.39, 0.29) is 11.1 Å². The van der Waals surface area contributed by atoms with Crippen molar-refractivity contribution in [3.05, 3.63) is 35.5 Å². The molecule has 0 aliphatic heterocycles. The maximum Gasteiger partial charge on any atom is 0.169 e. The topological polar surface area (TPSA) is 0 Å². The van der Waals surface area contributed by atoms with Gasteiger partial charge in [0, 0.05) is 11.8 Å². The molecule has 4 heteroatoms. The Morgan fingerprint density at radius 1 is 0.625 bits per heavy atom. The molecule has 0 aromatic carbocycles. The van der Waals surface area contributed by atoms with Gasteiger partial charge in [0.25, 0.3) is 0 Å². The molecule has 0 aromatic rings. The van der Waals surface area contributed by atoms with E-state index in [1.807, 2.05) is 0 Å². The van der Waals surface area contributed by atoms with Crippen LogP contribution in [0.5, 0.6) is 0 Å². The predicted molar refractivity (Wildman–Crippen MR) is 51.9 cm³/mol. The van der Waals surface area contributed by atoms with Crippen LogP contribution in [-0.2, 0) is 0 Å². The highest BCUT2D eigenvalue weighted by atomic mass is 19.2. The first kappa shape index (κ1) is 10.1. The molecule has 0 amide bonds. The van der Waals surface area contributed by atoms with Crippen molar-refractivity contribution in [2.45, 2.75) is 24.7 Å². The van der Waals surface area contributed by atoms with Crippen molar-refractivity contribution >= 4 is 0 Å². The zero-order valence-electron chi connectivity index (χ0n) is 8.29. The molecular weight excluding hydrogens is 220 g/mol. The Kier molecular flexibility index (Phi) is 2.03. The van der Waals surface area contributed by atoms with E-state index in [1.54, 1.807) is 24.3 Å². The molecule has 0 saturated carbocycles. The Hall–Kier alpha value is -1.06. The lowest BCUT2D eigenvalue weighted by Gasteiger charge is -2.40. The van der Waals surface area contributed by atoms with Crippen LogP contribution in [0, 0.1) is 11.8 Å². The van der Waals surface area contributed by atoms with E-state index in [0.29, 0.717) is 0 Å². The maximum absolute atomic E-state index is 13.7. The van der Waals surface area contributed by atoms with Crippen LogP contribution in [0.3, 0.4) is 0 Å². The normalized spacial score (nSPS) is 49.8. The summed E-state index contributed by atoms with van der Waals surface area (Å²) in [5.41, 5.74) is 0.202. The quantitative estimate of drug-likeness (QED) is 0.443. The predicted octanol–water partition coefficient (Wildman–Crippen LogP) is 3.02. The first-order valence-corrected chi connectivity index (χ1v) is 5.28. The smallest absolute Gasteiger partial charge is 0.169 e. The molecule has 16 heavy (non-hydrogen) atoms. The summed E-state index contributed by atoms with van der Waals surface area (Å²) in [5, 5.41) is 0. The Labute approximate surface area is 90.3 Å². The molecule has 0 spiro atoms. The summed E-state index contributed by atoms with van der Waals surface area (Å²) in [6, 6.07) is 0. The minimum Gasteiger partial charge on any atom is -0.241 e. The second-order valence-corrected chi connectivity index (χ2v) is 4.42. The van der Waals surface area contributed by atoms with Gasteiger partial charge >= 0.3 is 0 Å². The van der Waals surface area contributed by atoms with Gasteiger partial charge < -0.3 is 0 Å². The largest absolute Gasteiger partial charge is 0.241 e. The molecule has 0 radical (unpaired) electrons. The number of rotatable bonds is 0. The number of allylic oxidation sites excluding steroid dienone is 6. The summed E-state index contributed by atoms with van der Waals surface area (Å²) in [7, 11) is 0. The molecule has 0 saturated heterocycles. The second-order valence-electron chi connectivity index (χ2n) is 4.42. The van der Waals surface area contributed by atoms with E-state index in [0.717, 1.165) is 0 Å². The minimum absolute atomic E-state index is 0.101. The summed E-state index contributed by atoms with van der Waals surface area (Å²) >= 11 is 0. The Morgan fingerprint density at radius 2 is 0.938 bits per heavy atom. The number of hydrogen-bond acceptors (Lipinski definition) is 0. The first-order valence-electron chi connectivity index (χ1n) is 5.28. The third kappa shape index (κ3) is 1.10. The third-order valence-electron chi connectivity index (χ3n) is 3.56. The summed E-state index contributed by atoms with van der Waals surface area (Å²) in [6.45, 7) is 0. The molecule has 4 aliphatic rings. The Morgan fingerprint density at radius 3 is 1.25 bits per heavy atom. The fourth-order valence-corrected chi connectivity index (χ4v) is 2.76. The molecule has 3 unspecified atom stereocenters. The van der Waals surface area contributed by atoms with Gasteiger partial charge in [-0.05, 0) is 11.1 Å². The van der Waals surface area contributed by atoms with Gasteiger partial charge in [-0.1, -0.05) is 24.3 Å². The summed E-state index contributed by atoms with van der Waals surface area (Å²) in [5.74, 6) is -0.807. The van der Waals surface area contributed by atoms with Crippen LogP contribution < -0.4 is 0 Å². The van der Waals surface area contributed by atoms with E-state index in [4.69, 9.17) is 0 Å². The van der Waals surface area contributed by atoms with Crippen molar-refractivity contribution in [1.29, 1.82) is 0 Å². The fraction of sp³-hybridized carbons (Fsp3) is 0.500. The van der Waals surface area contributed by atoms with Crippen LogP contribution in [0.4, 0.5) is 17.6 Å². The highest BCUT2D eigenvalue weighted by molar-refractivity contribution is 5.47. The average Bonchev–Trinajstić information content (AvgIpc) is 2.34. The van der Waals surface area contributed by atoms with E-state index >= 15 is 0 Å².